The van der Waals surface area contributed by atoms with E-state index in [-0.39, 0.29) is 47.8 Å². The molecule has 0 fully saturated rings. The summed E-state index contributed by atoms with van der Waals surface area (Å²) in [5, 5.41) is 8.85. The zero-order chi connectivity index (χ0) is 14.0. The number of nitrogens with two attached hydrogens (primary N) is 2. The smallest absolute Gasteiger partial charge is 0.172 e. The second-order valence-electron chi connectivity index (χ2n) is 4.49. The van der Waals surface area contributed by atoms with Crippen LogP contribution in [0.1, 0.15) is 33.6 Å². The molecular weight excluding hydrogens is 248 g/mol. The molecule has 6 heteroatoms. The molecule has 1 heterocycles. The molecule has 2 rings (SSSR count). The van der Waals surface area contributed by atoms with Crippen molar-refractivity contribution < 1.29 is 19.4 Å². The van der Waals surface area contributed by atoms with Crippen LogP contribution >= 0.6 is 0 Å². The Morgan fingerprint density at radius 1 is 1.47 bits per heavy atom. The summed E-state index contributed by atoms with van der Waals surface area (Å²) < 4.78 is 5.33. The Bertz CT molecular complexity index is 528. The summed E-state index contributed by atoms with van der Waals surface area (Å²) in [4.78, 5) is 23.8. The van der Waals surface area contributed by atoms with E-state index in [1.165, 1.54) is 6.07 Å². The number of Topliss-reactive ketones (excluding diaryl/α,β-unsaturated/α-hetero) is 2. The third kappa shape index (κ3) is 2.59. The summed E-state index contributed by atoms with van der Waals surface area (Å²) in [6.45, 7) is 0.0482. The summed E-state index contributed by atoms with van der Waals surface area (Å²) in [5.41, 5.74) is 12.1. The molecule has 0 radical (unpaired) electrons. The highest BCUT2D eigenvalue weighted by molar-refractivity contribution is 6.10. The fourth-order valence-corrected chi connectivity index (χ4v) is 2.04. The third-order valence-corrected chi connectivity index (χ3v) is 3.06. The number of aliphatic hydroxyl groups is 1. The molecule has 1 aromatic carbocycles. The van der Waals surface area contributed by atoms with Crippen molar-refractivity contribution in [1.82, 2.24) is 0 Å². The normalized spacial score (nSPS) is 15.6. The maximum absolute atomic E-state index is 12.0. The maximum Gasteiger partial charge on any atom is 0.172 e. The van der Waals surface area contributed by atoms with E-state index < -0.39 is 6.04 Å². The van der Waals surface area contributed by atoms with Gasteiger partial charge >= 0.3 is 0 Å². The number of nitrogen functional groups attached to an aromatic ring is 1. The standard InChI is InChI=1S/C13H16N2O4/c14-7(6-16)5-10(18)8-1-2-11-12(13(8)15)9(17)3-4-19-11/h1-2,7,16H,3-6,14-15H2. The van der Waals surface area contributed by atoms with Crippen molar-refractivity contribution >= 4 is 17.3 Å². The number of hydrogen-bond acceptors (Lipinski definition) is 6. The molecule has 0 bridgehead atoms. The van der Waals surface area contributed by atoms with Gasteiger partial charge in [0.15, 0.2) is 11.6 Å². The predicted octanol–water partition coefficient (Wildman–Crippen LogP) is 0.126. The van der Waals surface area contributed by atoms with E-state index in [0.29, 0.717) is 12.4 Å². The summed E-state index contributed by atoms with van der Waals surface area (Å²) in [6, 6.07) is 2.47. The van der Waals surface area contributed by atoms with Crippen LogP contribution in [-0.4, -0.2) is 35.9 Å². The van der Waals surface area contributed by atoms with Crippen molar-refractivity contribution in [3.63, 3.8) is 0 Å². The number of ketones is 2. The Morgan fingerprint density at radius 2 is 2.21 bits per heavy atom. The lowest BCUT2D eigenvalue weighted by molar-refractivity contribution is 0.0934. The average molecular weight is 264 g/mol. The lowest BCUT2D eigenvalue weighted by atomic mass is 9.95. The molecule has 0 saturated heterocycles. The molecule has 1 unspecified atom stereocenters. The van der Waals surface area contributed by atoms with Gasteiger partial charge in [-0.25, -0.2) is 0 Å². The first kappa shape index (κ1) is 13.5. The van der Waals surface area contributed by atoms with Gasteiger partial charge in [-0.05, 0) is 12.1 Å². The van der Waals surface area contributed by atoms with Crippen LogP contribution in [0.5, 0.6) is 5.75 Å². The molecule has 5 N–H and O–H groups in total. The number of rotatable bonds is 4. The van der Waals surface area contributed by atoms with Crippen LogP contribution in [0, 0.1) is 0 Å². The van der Waals surface area contributed by atoms with E-state index in [1.807, 2.05) is 0 Å². The summed E-state index contributed by atoms with van der Waals surface area (Å²) in [7, 11) is 0. The maximum atomic E-state index is 12.0. The van der Waals surface area contributed by atoms with Gasteiger partial charge in [0, 0.05) is 24.4 Å². The van der Waals surface area contributed by atoms with Gasteiger partial charge in [-0.2, -0.15) is 0 Å². The van der Waals surface area contributed by atoms with Gasteiger partial charge in [0.25, 0.3) is 0 Å². The number of fused-ring (bicyclic) bond motifs is 1. The van der Waals surface area contributed by atoms with E-state index in [0.717, 1.165) is 0 Å². The number of anilines is 1. The van der Waals surface area contributed by atoms with E-state index >= 15 is 0 Å². The number of carbonyl (C=O) groups is 2. The van der Waals surface area contributed by atoms with Crippen LogP contribution < -0.4 is 16.2 Å². The minimum atomic E-state index is -0.630. The highest BCUT2D eigenvalue weighted by atomic mass is 16.5. The van der Waals surface area contributed by atoms with E-state index in [9.17, 15) is 9.59 Å². The van der Waals surface area contributed by atoms with E-state index in [1.54, 1.807) is 6.07 Å². The Morgan fingerprint density at radius 3 is 2.89 bits per heavy atom. The molecule has 0 spiro atoms. The van der Waals surface area contributed by atoms with Crippen LogP contribution in [0.4, 0.5) is 5.69 Å². The summed E-state index contributed by atoms with van der Waals surface area (Å²) >= 11 is 0. The Balaban J connectivity index is 2.35. The lowest BCUT2D eigenvalue weighted by Gasteiger charge is -2.19. The summed E-state index contributed by atoms with van der Waals surface area (Å²) in [6.07, 6.45) is 0.236. The second-order valence-corrected chi connectivity index (χ2v) is 4.49. The van der Waals surface area contributed by atoms with Crippen LogP contribution in [0.25, 0.3) is 0 Å². The molecule has 0 aromatic heterocycles. The number of aliphatic hydroxyl groups excluding tert-OH is 1. The largest absolute Gasteiger partial charge is 0.492 e. The molecule has 1 aliphatic heterocycles. The highest BCUT2D eigenvalue weighted by Gasteiger charge is 2.25. The lowest BCUT2D eigenvalue weighted by Crippen LogP contribution is -2.28. The second kappa shape index (κ2) is 5.38. The van der Waals surface area contributed by atoms with E-state index in [4.69, 9.17) is 21.3 Å². The molecule has 1 aromatic rings. The molecule has 0 saturated carbocycles. The van der Waals surface area contributed by atoms with Crippen molar-refractivity contribution in [3.8, 4) is 5.75 Å². The number of carbonyl (C=O) groups excluding carboxylic acids is 2. The van der Waals surface area contributed by atoms with Gasteiger partial charge in [-0.1, -0.05) is 0 Å². The topological polar surface area (TPSA) is 116 Å². The van der Waals surface area contributed by atoms with Gasteiger partial charge in [0.1, 0.15) is 5.75 Å². The molecule has 102 valence electrons. The van der Waals surface area contributed by atoms with Gasteiger partial charge in [0.2, 0.25) is 0 Å². The van der Waals surface area contributed by atoms with Crippen molar-refractivity contribution in [2.75, 3.05) is 18.9 Å². The van der Waals surface area contributed by atoms with Crippen LogP contribution in [0.2, 0.25) is 0 Å². The molecule has 0 aliphatic carbocycles. The Hall–Kier alpha value is -1.92. The van der Waals surface area contributed by atoms with Crippen molar-refractivity contribution in [1.29, 1.82) is 0 Å². The van der Waals surface area contributed by atoms with Crippen LogP contribution in [-0.2, 0) is 0 Å². The van der Waals surface area contributed by atoms with Gasteiger partial charge in [-0.15, -0.1) is 0 Å². The zero-order valence-electron chi connectivity index (χ0n) is 10.4. The first-order valence-electron chi connectivity index (χ1n) is 6.02. The van der Waals surface area contributed by atoms with Crippen molar-refractivity contribution in [2.45, 2.75) is 18.9 Å². The van der Waals surface area contributed by atoms with E-state index in [2.05, 4.69) is 0 Å². The first-order valence-corrected chi connectivity index (χ1v) is 6.02. The molecular formula is C13H16N2O4. The SMILES string of the molecule is Nc1c(C(=O)CC(N)CO)ccc2c1C(=O)CCO2. The fourth-order valence-electron chi connectivity index (χ4n) is 2.04. The minimum Gasteiger partial charge on any atom is -0.492 e. The predicted molar refractivity (Wildman–Crippen MR) is 69.3 cm³/mol. The van der Waals surface area contributed by atoms with Gasteiger partial charge in [0.05, 0.1) is 24.5 Å². The number of benzene rings is 1. The third-order valence-electron chi connectivity index (χ3n) is 3.06. The van der Waals surface area contributed by atoms with Crippen LogP contribution in [0.3, 0.4) is 0 Å². The molecule has 1 aliphatic rings. The molecule has 1 atom stereocenters. The summed E-state index contributed by atoms with van der Waals surface area (Å²) in [5.74, 6) is -0.00293. The molecule has 19 heavy (non-hydrogen) atoms. The minimum absolute atomic E-state index is 0.0193. The monoisotopic (exact) mass is 264 g/mol. The highest BCUT2D eigenvalue weighted by Crippen LogP contribution is 2.32. The Labute approximate surface area is 110 Å². The number of ether oxygens (including phenoxy) is 1. The first-order chi connectivity index (χ1) is 9.04. The average Bonchev–Trinajstić information content (AvgIpc) is 2.38. The molecule has 0 amide bonds. The number of hydrogen-bond donors (Lipinski definition) is 3. The van der Waals surface area contributed by atoms with Gasteiger partial charge in [-0.3, -0.25) is 9.59 Å². The van der Waals surface area contributed by atoms with Crippen LogP contribution in [0.15, 0.2) is 12.1 Å². The van der Waals surface area contributed by atoms with Crippen molar-refractivity contribution in [3.05, 3.63) is 23.3 Å². The Kier molecular flexibility index (Phi) is 3.82. The molecule has 6 nitrogen and oxygen atoms in total. The fraction of sp³-hybridized carbons (Fsp3) is 0.385. The zero-order valence-corrected chi connectivity index (χ0v) is 10.4. The quantitative estimate of drug-likeness (QED) is 0.525. The van der Waals surface area contributed by atoms with Gasteiger partial charge < -0.3 is 21.3 Å². The van der Waals surface area contributed by atoms with Crippen molar-refractivity contribution in [2.24, 2.45) is 5.73 Å².